The standard InChI is InChI=1S/C6H7N5O16/c12-1-3(14,7(18)19)6(17,11(26)27)4(15,8(20)21)2(13)5(16,9(22)23)10(24)25/h12,14-17H,1H2/t3-,4-,6-/m1/s1. The third-order valence-electron chi connectivity index (χ3n) is 3.23. The Morgan fingerprint density at radius 3 is 1.26 bits per heavy atom. The molecule has 27 heavy (non-hydrogen) atoms. The van der Waals surface area contributed by atoms with Crippen molar-refractivity contribution < 1.29 is 54.9 Å². The monoisotopic (exact) mass is 405 g/mol. The molecule has 0 aromatic heterocycles. The quantitative estimate of drug-likeness (QED) is 0.128. The van der Waals surface area contributed by atoms with Gasteiger partial charge < -0.3 is 20.4 Å². The summed E-state index contributed by atoms with van der Waals surface area (Å²) < 4.78 is 0. The molecule has 0 bridgehead atoms. The van der Waals surface area contributed by atoms with Crippen LogP contribution in [0.25, 0.3) is 0 Å². The molecule has 21 nitrogen and oxygen atoms in total. The van der Waals surface area contributed by atoms with Gasteiger partial charge in [0.1, 0.15) is 9.85 Å². The largest absolute Gasteiger partial charge is 0.648 e. The zero-order chi connectivity index (χ0) is 22.2. The van der Waals surface area contributed by atoms with Crippen molar-refractivity contribution in [2.24, 2.45) is 0 Å². The summed E-state index contributed by atoms with van der Waals surface area (Å²) in [6.45, 7) is -2.63. The second-order valence-electron chi connectivity index (χ2n) is 4.57. The summed E-state index contributed by atoms with van der Waals surface area (Å²) in [6, 6.07) is 0. The van der Waals surface area contributed by atoms with E-state index in [2.05, 4.69) is 0 Å². The second kappa shape index (κ2) is 6.65. The van der Waals surface area contributed by atoms with Gasteiger partial charge >= 0.3 is 28.8 Å². The van der Waals surface area contributed by atoms with Crippen molar-refractivity contribution >= 4 is 5.78 Å². The average Bonchev–Trinajstić information content (AvgIpc) is 2.56. The number of ketones is 1. The molecule has 0 spiro atoms. The maximum atomic E-state index is 11.8. The number of nitro groups is 5. The second-order valence-corrected chi connectivity index (χ2v) is 4.57. The molecule has 0 aliphatic rings. The highest BCUT2D eigenvalue weighted by Gasteiger charge is 2.96. The SMILES string of the molecule is O=C(C(O)([N+](=O)[O-])[N+](=O)[O-])[C@](O)([N+](=O)[O-])[C@@](O)([N+](=O)[O-])[C@](O)(CO)[N+](=O)[O-]. The van der Waals surface area contributed by atoms with Crippen molar-refractivity contribution in [2.45, 2.75) is 23.0 Å². The van der Waals surface area contributed by atoms with Crippen molar-refractivity contribution in [2.75, 3.05) is 6.61 Å². The highest BCUT2D eigenvalue weighted by Crippen LogP contribution is 2.38. The van der Waals surface area contributed by atoms with Crippen molar-refractivity contribution in [3.8, 4) is 0 Å². The van der Waals surface area contributed by atoms with Crippen molar-refractivity contribution in [1.82, 2.24) is 0 Å². The van der Waals surface area contributed by atoms with Crippen LogP contribution in [0.4, 0.5) is 0 Å². The molecule has 152 valence electrons. The van der Waals surface area contributed by atoms with Gasteiger partial charge in [0.15, 0.2) is 6.61 Å². The van der Waals surface area contributed by atoms with E-state index in [0.29, 0.717) is 0 Å². The van der Waals surface area contributed by atoms with Gasteiger partial charge in [-0.25, -0.2) is 0 Å². The van der Waals surface area contributed by atoms with Crippen LogP contribution in [0.3, 0.4) is 0 Å². The van der Waals surface area contributed by atoms with E-state index >= 15 is 0 Å². The highest BCUT2D eigenvalue weighted by atomic mass is 16.7. The van der Waals surface area contributed by atoms with Gasteiger partial charge in [0.2, 0.25) is 0 Å². The van der Waals surface area contributed by atoms with Crippen molar-refractivity contribution in [3.63, 3.8) is 0 Å². The van der Waals surface area contributed by atoms with E-state index in [1.165, 1.54) is 0 Å². The fourth-order valence-electron chi connectivity index (χ4n) is 1.68. The minimum absolute atomic E-state index is 2.41. The summed E-state index contributed by atoms with van der Waals surface area (Å²) in [5, 5.41) is 101. The summed E-state index contributed by atoms with van der Waals surface area (Å²) in [6.07, 6.45) is 0. The Kier molecular flexibility index (Phi) is 5.78. The van der Waals surface area contributed by atoms with Gasteiger partial charge in [0.05, 0.1) is 14.8 Å². The van der Waals surface area contributed by atoms with Gasteiger partial charge in [0, 0.05) is 0 Å². The zero-order valence-corrected chi connectivity index (χ0v) is 12.2. The summed E-state index contributed by atoms with van der Waals surface area (Å²) >= 11 is 0. The average molecular weight is 405 g/mol. The zero-order valence-electron chi connectivity index (χ0n) is 12.2. The first-order chi connectivity index (χ1) is 11.9. The number of carbonyl (C=O) groups is 1. The third-order valence-corrected chi connectivity index (χ3v) is 3.23. The first kappa shape index (κ1) is 23.5. The normalized spacial score (nSPS) is 18.3. The highest BCUT2D eigenvalue weighted by molar-refractivity contribution is 5.91. The summed E-state index contributed by atoms with van der Waals surface area (Å²) in [5.74, 6) is -9.22. The Morgan fingerprint density at radius 1 is 0.704 bits per heavy atom. The predicted molar refractivity (Wildman–Crippen MR) is 66.9 cm³/mol. The minimum Gasteiger partial charge on any atom is -0.386 e. The van der Waals surface area contributed by atoms with Crippen LogP contribution in [-0.2, 0) is 4.79 Å². The van der Waals surface area contributed by atoms with Crippen LogP contribution in [-0.4, -0.2) is 85.6 Å². The van der Waals surface area contributed by atoms with Crippen LogP contribution in [0.5, 0.6) is 0 Å². The molecule has 0 saturated heterocycles. The first-order valence-electron chi connectivity index (χ1n) is 5.71. The van der Waals surface area contributed by atoms with Crippen LogP contribution < -0.4 is 0 Å². The third kappa shape index (κ3) is 2.66. The number of hydrogen-bond acceptors (Lipinski definition) is 16. The Balaban J connectivity index is 7.35. The fourth-order valence-corrected chi connectivity index (χ4v) is 1.68. The molecule has 0 aromatic carbocycles. The number of nitrogens with zero attached hydrogens (tertiary/aromatic N) is 5. The Hall–Kier alpha value is -3.53. The van der Waals surface area contributed by atoms with Crippen LogP contribution >= 0.6 is 0 Å². The van der Waals surface area contributed by atoms with E-state index in [9.17, 15) is 75.8 Å². The maximum absolute atomic E-state index is 11.8. The van der Waals surface area contributed by atoms with Gasteiger partial charge in [-0.15, -0.1) is 0 Å². The lowest BCUT2D eigenvalue weighted by Gasteiger charge is -2.31. The van der Waals surface area contributed by atoms with E-state index in [0.717, 1.165) is 0 Å². The van der Waals surface area contributed by atoms with E-state index in [-0.39, 0.29) is 0 Å². The molecule has 0 aromatic rings. The summed E-state index contributed by atoms with van der Waals surface area (Å²) in [7, 11) is 0. The van der Waals surface area contributed by atoms with Gasteiger partial charge in [-0.3, -0.25) is 60.5 Å². The molecule has 0 amide bonds. The van der Waals surface area contributed by atoms with E-state index in [1.54, 1.807) is 0 Å². The number of aliphatic hydroxyl groups is 5. The Morgan fingerprint density at radius 2 is 1.07 bits per heavy atom. The molecule has 21 heteroatoms. The lowest BCUT2D eigenvalue weighted by Crippen LogP contribution is -2.83. The molecule has 0 fully saturated rings. The number of aliphatic hydroxyl groups excluding tert-OH is 1. The van der Waals surface area contributed by atoms with Crippen LogP contribution in [0.2, 0.25) is 0 Å². The summed E-state index contributed by atoms with van der Waals surface area (Å²) in [5.41, 5.74) is -16.5. The van der Waals surface area contributed by atoms with Gasteiger partial charge in [-0.05, 0) is 0 Å². The van der Waals surface area contributed by atoms with Gasteiger partial charge in [0.25, 0.3) is 0 Å². The predicted octanol–water partition coefficient (Wildman–Crippen LogP) is -5.36. The molecular weight excluding hydrogens is 398 g/mol. The first-order valence-corrected chi connectivity index (χ1v) is 5.71. The Bertz CT molecular complexity index is 721. The topological polar surface area (TPSA) is 334 Å². The molecule has 0 unspecified atom stereocenters. The molecular formula is C6H7N5O16. The smallest absolute Gasteiger partial charge is 0.386 e. The molecule has 0 rings (SSSR count). The lowest BCUT2D eigenvalue weighted by molar-refractivity contribution is -0.844. The molecule has 0 aliphatic heterocycles. The molecule has 0 radical (unpaired) electrons. The maximum Gasteiger partial charge on any atom is 0.648 e. The molecule has 0 heterocycles. The fraction of sp³-hybridized carbons (Fsp3) is 0.833. The number of Topliss-reactive ketones (excluding diaryl/α,β-unsaturated/α-hetero) is 1. The molecule has 3 atom stereocenters. The van der Waals surface area contributed by atoms with Gasteiger partial charge in [-0.1, -0.05) is 0 Å². The molecule has 5 N–H and O–H groups in total. The van der Waals surface area contributed by atoms with E-state index < -0.39 is 60.0 Å². The van der Waals surface area contributed by atoms with Crippen molar-refractivity contribution in [1.29, 1.82) is 0 Å². The van der Waals surface area contributed by atoms with Gasteiger partial charge in [-0.2, -0.15) is 0 Å². The number of rotatable bonds is 10. The minimum atomic E-state index is -5.80. The van der Waals surface area contributed by atoms with E-state index in [1.807, 2.05) is 0 Å². The van der Waals surface area contributed by atoms with Crippen LogP contribution in [0.15, 0.2) is 0 Å². The van der Waals surface area contributed by atoms with Crippen molar-refractivity contribution in [3.05, 3.63) is 50.6 Å². The Labute approximate surface area is 142 Å². The number of carbonyl (C=O) groups excluding carboxylic acids is 1. The van der Waals surface area contributed by atoms with Crippen LogP contribution in [0.1, 0.15) is 0 Å². The molecule has 0 aliphatic carbocycles. The lowest BCUT2D eigenvalue weighted by atomic mass is 9.84. The van der Waals surface area contributed by atoms with E-state index in [4.69, 9.17) is 5.11 Å². The number of hydrogen-bond donors (Lipinski definition) is 5. The van der Waals surface area contributed by atoms with Crippen LogP contribution in [0, 0.1) is 50.6 Å². The summed E-state index contributed by atoms with van der Waals surface area (Å²) in [4.78, 5) is 52.7. The molecule has 0 saturated carbocycles.